The van der Waals surface area contributed by atoms with Crippen molar-refractivity contribution in [1.82, 2.24) is 9.97 Å². The molecule has 6 heteroatoms. The Labute approximate surface area is 113 Å². The number of carboxylic acids is 1. The number of pyridine rings is 2. The predicted molar refractivity (Wildman–Crippen MR) is 70.0 cm³/mol. The number of hydrogen-bond acceptors (Lipinski definition) is 4. The molecule has 0 amide bonds. The third kappa shape index (κ3) is 3.45. The van der Waals surface area contributed by atoms with Crippen LogP contribution in [0.25, 0.3) is 0 Å². The van der Waals surface area contributed by atoms with Crippen LogP contribution in [-0.2, 0) is 5.75 Å². The van der Waals surface area contributed by atoms with Crippen LogP contribution in [0.15, 0.2) is 41.4 Å². The van der Waals surface area contributed by atoms with E-state index in [4.69, 9.17) is 16.7 Å². The molecule has 2 rings (SSSR count). The lowest BCUT2D eigenvalue weighted by Gasteiger charge is -2.02. The van der Waals surface area contributed by atoms with Gasteiger partial charge in [0.1, 0.15) is 10.8 Å². The smallest absolute Gasteiger partial charge is 0.354 e. The van der Waals surface area contributed by atoms with Gasteiger partial charge in [0.25, 0.3) is 0 Å². The van der Waals surface area contributed by atoms with Crippen LogP contribution >= 0.6 is 23.4 Å². The van der Waals surface area contributed by atoms with E-state index in [1.165, 1.54) is 24.0 Å². The Balaban J connectivity index is 2.06. The monoisotopic (exact) mass is 280 g/mol. The number of halogens is 1. The molecule has 2 aromatic rings. The molecule has 18 heavy (non-hydrogen) atoms. The van der Waals surface area contributed by atoms with E-state index < -0.39 is 5.97 Å². The molecular formula is C12H9ClN2O2S. The van der Waals surface area contributed by atoms with Gasteiger partial charge < -0.3 is 5.11 Å². The third-order valence-electron chi connectivity index (χ3n) is 2.11. The highest BCUT2D eigenvalue weighted by Gasteiger charge is 2.05. The molecule has 0 aliphatic rings. The van der Waals surface area contributed by atoms with Crippen molar-refractivity contribution < 1.29 is 9.90 Å². The van der Waals surface area contributed by atoms with Crippen LogP contribution in [-0.4, -0.2) is 21.0 Å². The molecule has 0 aliphatic carbocycles. The number of rotatable bonds is 4. The summed E-state index contributed by atoms with van der Waals surface area (Å²) in [4.78, 5) is 19.5. The number of carbonyl (C=O) groups is 1. The largest absolute Gasteiger partial charge is 0.477 e. The molecule has 1 N–H and O–H groups in total. The van der Waals surface area contributed by atoms with Gasteiger partial charge in [-0.1, -0.05) is 17.7 Å². The van der Waals surface area contributed by atoms with Crippen LogP contribution in [0.2, 0.25) is 5.15 Å². The van der Waals surface area contributed by atoms with Crippen molar-refractivity contribution >= 4 is 29.3 Å². The standard InChI is InChI=1S/C12H9ClN2O2S/c13-11-3-1-2-8(15-11)7-18-9-4-5-14-10(6-9)12(16)17/h1-6H,7H2,(H,16,17). The Kier molecular flexibility index (Phi) is 4.17. The average Bonchev–Trinajstić information content (AvgIpc) is 2.37. The van der Waals surface area contributed by atoms with Gasteiger partial charge in [-0.15, -0.1) is 11.8 Å². The van der Waals surface area contributed by atoms with Gasteiger partial charge in [-0.2, -0.15) is 0 Å². The van der Waals surface area contributed by atoms with E-state index in [2.05, 4.69) is 9.97 Å². The van der Waals surface area contributed by atoms with E-state index in [-0.39, 0.29) is 5.69 Å². The van der Waals surface area contributed by atoms with Crippen molar-refractivity contribution in [2.75, 3.05) is 0 Å². The quantitative estimate of drug-likeness (QED) is 0.689. The van der Waals surface area contributed by atoms with E-state index in [1.807, 2.05) is 12.1 Å². The topological polar surface area (TPSA) is 63.1 Å². The molecule has 0 atom stereocenters. The zero-order valence-electron chi connectivity index (χ0n) is 9.21. The summed E-state index contributed by atoms with van der Waals surface area (Å²) >= 11 is 7.27. The Bertz CT molecular complexity index is 578. The Morgan fingerprint density at radius 2 is 2.22 bits per heavy atom. The molecule has 2 heterocycles. The number of nitrogens with zero attached hydrogens (tertiary/aromatic N) is 2. The molecule has 0 aromatic carbocycles. The fourth-order valence-electron chi connectivity index (χ4n) is 1.31. The van der Waals surface area contributed by atoms with E-state index >= 15 is 0 Å². The number of hydrogen-bond donors (Lipinski definition) is 1. The fourth-order valence-corrected chi connectivity index (χ4v) is 2.31. The van der Waals surface area contributed by atoms with Gasteiger partial charge in [0.05, 0.1) is 5.69 Å². The molecule has 92 valence electrons. The molecule has 0 saturated carbocycles. The predicted octanol–water partition coefficient (Wildman–Crippen LogP) is 3.12. The van der Waals surface area contributed by atoms with Crippen molar-refractivity contribution in [1.29, 1.82) is 0 Å². The number of aromatic nitrogens is 2. The molecule has 0 radical (unpaired) electrons. The van der Waals surface area contributed by atoms with Gasteiger partial charge in [-0.05, 0) is 24.3 Å². The Morgan fingerprint density at radius 3 is 2.94 bits per heavy atom. The summed E-state index contributed by atoms with van der Waals surface area (Å²) in [5, 5.41) is 9.28. The number of aromatic carboxylic acids is 1. The van der Waals surface area contributed by atoms with Crippen LogP contribution in [0.4, 0.5) is 0 Å². The maximum absolute atomic E-state index is 10.8. The lowest BCUT2D eigenvalue weighted by Crippen LogP contribution is -1.99. The van der Waals surface area contributed by atoms with Crippen molar-refractivity contribution in [3.63, 3.8) is 0 Å². The molecule has 0 saturated heterocycles. The Hall–Kier alpha value is -1.59. The van der Waals surface area contributed by atoms with Crippen molar-refractivity contribution in [3.05, 3.63) is 53.1 Å². The fraction of sp³-hybridized carbons (Fsp3) is 0.0833. The highest BCUT2D eigenvalue weighted by molar-refractivity contribution is 7.98. The van der Waals surface area contributed by atoms with Crippen molar-refractivity contribution in [3.8, 4) is 0 Å². The van der Waals surface area contributed by atoms with Gasteiger partial charge >= 0.3 is 5.97 Å². The van der Waals surface area contributed by atoms with Crippen LogP contribution < -0.4 is 0 Å². The summed E-state index contributed by atoms with van der Waals surface area (Å²) in [6.45, 7) is 0. The maximum Gasteiger partial charge on any atom is 0.354 e. The highest BCUT2D eigenvalue weighted by atomic mass is 35.5. The van der Waals surface area contributed by atoms with E-state index in [1.54, 1.807) is 12.1 Å². The lowest BCUT2D eigenvalue weighted by molar-refractivity contribution is 0.0690. The van der Waals surface area contributed by atoms with Gasteiger partial charge in [0.2, 0.25) is 0 Å². The summed E-state index contributed by atoms with van der Waals surface area (Å²) in [6.07, 6.45) is 1.48. The van der Waals surface area contributed by atoms with Gasteiger partial charge in [0, 0.05) is 16.8 Å². The molecule has 0 aliphatic heterocycles. The third-order valence-corrected chi connectivity index (χ3v) is 3.35. The number of carboxylic acid groups (broad SMARTS) is 1. The first-order valence-corrected chi connectivity index (χ1v) is 6.45. The summed E-state index contributed by atoms with van der Waals surface area (Å²) in [5.41, 5.74) is 0.889. The molecule has 0 spiro atoms. The minimum absolute atomic E-state index is 0.0408. The molecule has 0 fully saturated rings. The second kappa shape index (κ2) is 5.84. The lowest BCUT2D eigenvalue weighted by atomic mass is 10.3. The molecule has 2 aromatic heterocycles. The maximum atomic E-state index is 10.8. The van der Waals surface area contributed by atoms with E-state index in [0.29, 0.717) is 10.9 Å². The minimum Gasteiger partial charge on any atom is -0.477 e. The SMILES string of the molecule is O=C(O)c1cc(SCc2cccc(Cl)n2)ccn1. The van der Waals surface area contributed by atoms with E-state index in [0.717, 1.165) is 10.6 Å². The average molecular weight is 281 g/mol. The van der Waals surface area contributed by atoms with Crippen LogP contribution in [0, 0.1) is 0 Å². The normalized spacial score (nSPS) is 10.3. The van der Waals surface area contributed by atoms with Gasteiger partial charge in [0.15, 0.2) is 0 Å². The molecular weight excluding hydrogens is 272 g/mol. The zero-order chi connectivity index (χ0) is 13.0. The molecule has 4 nitrogen and oxygen atoms in total. The molecule has 0 unspecified atom stereocenters. The first-order chi connectivity index (χ1) is 8.65. The second-order valence-corrected chi connectivity index (χ2v) is 4.86. The van der Waals surface area contributed by atoms with E-state index in [9.17, 15) is 4.79 Å². The van der Waals surface area contributed by atoms with Crippen molar-refractivity contribution in [2.45, 2.75) is 10.6 Å². The zero-order valence-corrected chi connectivity index (χ0v) is 10.8. The molecule has 0 bridgehead atoms. The first kappa shape index (κ1) is 12.9. The van der Waals surface area contributed by atoms with Crippen molar-refractivity contribution in [2.24, 2.45) is 0 Å². The highest BCUT2D eigenvalue weighted by Crippen LogP contribution is 2.22. The summed E-state index contributed by atoms with van der Waals surface area (Å²) in [7, 11) is 0. The first-order valence-electron chi connectivity index (χ1n) is 5.09. The summed E-state index contributed by atoms with van der Waals surface area (Å²) in [6, 6.07) is 8.72. The summed E-state index contributed by atoms with van der Waals surface area (Å²) < 4.78 is 0. The minimum atomic E-state index is -1.03. The van der Waals surface area contributed by atoms with Crippen LogP contribution in [0.3, 0.4) is 0 Å². The van der Waals surface area contributed by atoms with Crippen LogP contribution in [0.5, 0.6) is 0 Å². The van der Waals surface area contributed by atoms with Crippen LogP contribution in [0.1, 0.15) is 16.2 Å². The Morgan fingerprint density at radius 1 is 1.39 bits per heavy atom. The number of thioether (sulfide) groups is 1. The second-order valence-electron chi connectivity index (χ2n) is 3.42. The summed E-state index contributed by atoms with van der Waals surface area (Å²) in [5.74, 6) is -0.401. The van der Waals surface area contributed by atoms with Gasteiger partial charge in [-0.3, -0.25) is 0 Å². The van der Waals surface area contributed by atoms with Gasteiger partial charge in [-0.25, -0.2) is 14.8 Å².